The second-order valence-corrected chi connectivity index (χ2v) is 7.75. The van der Waals surface area contributed by atoms with Crippen molar-refractivity contribution < 1.29 is 8.42 Å². The molecule has 0 heterocycles. The van der Waals surface area contributed by atoms with Crippen LogP contribution in [-0.2, 0) is 10.0 Å². The third-order valence-electron chi connectivity index (χ3n) is 3.24. The number of halogens is 1. The van der Waals surface area contributed by atoms with Crippen molar-refractivity contribution in [1.29, 1.82) is 0 Å². The van der Waals surface area contributed by atoms with Crippen LogP contribution < -0.4 is 4.72 Å². The maximum Gasteiger partial charge on any atom is 0.255 e. The number of benzene rings is 2. The molecule has 0 fully saturated rings. The van der Waals surface area contributed by atoms with Crippen LogP contribution in [0.25, 0.3) is 6.08 Å². The Labute approximate surface area is 140 Å². The Kier molecular flexibility index (Phi) is 5.08. The van der Waals surface area contributed by atoms with Crippen LogP contribution >= 0.6 is 15.9 Å². The predicted molar refractivity (Wildman–Crippen MR) is 96.4 cm³/mol. The number of aryl methyl sites for hydroxylation is 3. The minimum atomic E-state index is -3.54. The first-order valence-electron chi connectivity index (χ1n) is 6.81. The van der Waals surface area contributed by atoms with Crippen LogP contribution in [0.4, 0.5) is 5.69 Å². The molecule has 0 aliphatic heterocycles. The van der Waals surface area contributed by atoms with Crippen molar-refractivity contribution in [1.82, 2.24) is 0 Å². The number of hydrogen-bond donors (Lipinski definition) is 1. The van der Waals surface area contributed by atoms with Crippen molar-refractivity contribution in [2.24, 2.45) is 0 Å². The standard InChI is InChI=1S/C17H18BrNO2S/c1-12-9-13(2)17(14(3)10-12)7-8-22(20,21)19-16-6-4-5-15(18)11-16/h4-11,19H,1-3H3. The van der Waals surface area contributed by atoms with Crippen molar-refractivity contribution in [3.8, 4) is 0 Å². The van der Waals surface area contributed by atoms with Crippen molar-refractivity contribution in [2.45, 2.75) is 20.8 Å². The fourth-order valence-electron chi connectivity index (χ4n) is 2.36. The molecule has 116 valence electrons. The lowest BCUT2D eigenvalue weighted by atomic mass is 10.0. The van der Waals surface area contributed by atoms with Gasteiger partial charge in [-0.3, -0.25) is 4.72 Å². The molecule has 0 aliphatic rings. The number of anilines is 1. The molecule has 1 N–H and O–H groups in total. The number of sulfonamides is 1. The molecular formula is C17H18BrNO2S. The van der Waals surface area contributed by atoms with Gasteiger partial charge in [0, 0.05) is 10.2 Å². The first-order chi connectivity index (χ1) is 10.3. The van der Waals surface area contributed by atoms with Crippen LogP contribution in [0.2, 0.25) is 0 Å². The molecule has 0 amide bonds. The summed E-state index contributed by atoms with van der Waals surface area (Å²) in [5.74, 6) is 0. The summed E-state index contributed by atoms with van der Waals surface area (Å²) < 4.78 is 27.7. The van der Waals surface area contributed by atoms with E-state index in [0.29, 0.717) is 5.69 Å². The molecule has 0 aliphatic carbocycles. The number of nitrogens with one attached hydrogen (secondary N) is 1. The zero-order valence-electron chi connectivity index (χ0n) is 12.7. The molecule has 2 rings (SSSR count). The molecule has 2 aromatic rings. The quantitative estimate of drug-likeness (QED) is 0.829. The maximum atomic E-state index is 12.2. The van der Waals surface area contributed by atoms with Gasteiger partial charge in [0.15, 0.2) is 0 Å². The summed E-state index contributed by atoms with van der Waals surface area (Å²) in [4.78, 5) is 0. The smallest absolute Gasteiger partial charge is 0.255 e. The Bertz CT molecular complexity index is 803. The molecule has 0 atom stereocenters. The van der Waals surface area contributed by atoms with E-state index in [0.717, 1.165) is 21.2 Å². The summed E-state index contributed by atoms with van der Waals surface area (Å²) >= 11 is 3.32. The third-order valence-corrected chi connectivity index (χ3v) is 4.74. The van der Waals surface area contributed by atoms with Gasteiger partial charge in [-0.1, -0.05) is 39.7 Å². The first-order valence-corrected chi connectivity index (χ1v) is 9.15. The van der Waals surface area contributed by atoms with E-state index < -0.39 is 10.0 Å². The highest BCUT2D eigenvalue weighted by molar-refractivity contribution is 9.10. The molecule has 0 saturated carbocycles. The number of rotatable bonds is 4. The highest BCUT2D eigenvalue weighted by Crippen LogP contribution is 2.20. The summed E-state index contributed by atoms with van der Waals surface area (Å²) in [5.41, 5.74) is 4.75. The van der Waals surface area contributed by atoms with Crippen molar-refractivity contribution in [3.05, 3.63) is 68.5 Å². The molecule has 2 aromatic carbocycles. The van der Waals surface area contributed by atoms with Gasteiger partial charge in [0.2, 0.25) is 0 Å². The van der Waals surface area contributed by atoms with Crippen molar-refractivity contribution in [3.63, 3.8) is 0 Å². The van der Waals surface area contributed by atoms with Crippen LogP contribution in [0.3, 0.4) is 0 Å². The molecule has 3 nitrogen and oxygen atoms in total. The summed E-state index contributed by atoms with van der Waals surface area (Å²) in [6, 6.07) is 11.1. The molecule has 0 unspecified atom stereocenters. The van der Waals surface area contributed by atoms with Crippen LogP contribution in [0.15, 0.2) is 46.3 Å². The zero-order valence-corrected chi connectivity index (χ0v) is 15.1. The monoisotopic (exact) mass is 379 g/mol. The summed E-state index contributed by atoms with van der Waals surface area (Å²) in [5, 5.41) is 1.21. The lowest BCUT2D eigenvalue weighted by molar-refractivity contribution is 0.609. The zero-order chi connectivity index (χ0) is 16.3. The average molecular weight is 380 g/mol. The molecule has 0 saturated heterocycles. The van der Waals surface area contributed by atoms with Gasteiger partial charge in [-0.05, 0) is 61.7 Å². The van der Waals surface area contributed by atoms with Crippen molar-refractivity contribution in [2.75, 3.05) is 4.72 Å². The second-order valence-electron chi connectivity index (χ2n) is 5.27. The van der Waals surface area contributed by atoms with Crippen molar-refractivity contribution >= 4 is 37.7 Å². The molecular weight excluding hydrogens is 362 g/mol. The van der Waals surface area contributed by atoms with Crippen LogP contribution in [-0.4, -0.2) is 8.42 Å². The maximum absolute atomic E-state index is 12.2. The summed E-state index contributed by atoms with van der Waals surface area (Å²) in [6.45, 7) is 5.99. The molecule has 22 heavy (non-hydrogen) atoms. The Morgan fingerprint density at radius 3 is 2.27 bits per heavy atom. The third kappa shape index (κ3) is 4.45. The highest BCUT2D eigenvalue weighted by Gasteiger charge is 2.07. The van der Waals surface area contributed by atoms with E-state index >= 15 is 0 Å². The predicted octanol–water partition coefficient (Wildman–Crippen LogP) is 4.79. The molecule has 0 spiro atoms. The van der Waals surface area contributed by atoms with E-state index in [1.54, 1.807) is 24.3 Å². The lowest BCUT2D eigenvalue weighted by Crippen LogP contribution is -2.08. The lowest BCUT2D eigenvalue weighted by Gasteiger charge is -2.08. The van der Waals surface area contributed by atoms with E-state index in [2.05, 4.69) is 20.7 Å². The van der Waals surface area contributed by atoms with Gasteiger partial charge in [-0.2, -0.15) is 0 Å². The van der Waals surface area contributed by atoms with Gasteiger partial charge in [-0.15, -0.1) is 0 Å². The van der Waals surface area contributed by atoms with E-state index in [1.165, 1.54) is 11.0 Å². The van der Waals surface area contributed by atoms with Crippen LogP contribution in [0.5, 0.6) is 0 Å². The normalized spacial score (nSPS) is 11.8. The molecule has 5 heteroatoms. The van der Waals surface area contributed by atoms with E-state index in [4.69, 9.17) is 0 Å². The minimum Gasteiger partial charge on any atom is -0.280 e. The van der Waals surface area contributed by atoms with Crippen LogP contribution in [0.1, 0.15) is 22.3 Å². The molecule has 0 bridgehead atoms. The summed E-state index contributed by atoms with van der Waals surface area (Å²) in [6.07, 6.45) is 1.64. The van der Waals surface area contributed by atoms with Crippen LogP contribution in [0, 0.1) is 20.8 Å². The average Bonchev–Trinajstić information content (AvgIpc) is 2.36. The van der Waals surface area contributed by atoms with E-state index in [-0.39, 0.29) is 0 Å². The van der Waals surface area contributed by atoms with Gasteiger partial charge < -0.3 is 0 Å². The highest BCUT2D eigenvalue weighted by atomic mass is 79.9. The Balaban J connectivity index is 2.25. The Morgan fingerprint density at radius 2 is 1.68 bits per heavy atom. The van der Waals surface area contributed by atoms with Gasteiger partial charge in [0.1, 0.15) is 0 Å². The molecule has 0 radical (unpaired) electrons. The fourth-order valence-corrected chi connectivity index (χ4v) is 3.60. The van der Waals surface area contributed by atoms with Gasteiger partial charge in [0.05, 0.1) is 5.41 Å². The van der Waals surface area contributed by atoms with E-state index in [9.17, 15) is 8.42 Å². The van der Waals surface area contributed by atoms with Gasteiger partial charge in [-0.25, -0.2) is 8.42 Å². The Morgan fingerprint density at radius 1 is 1.05 bits per heavy atom. The largest absolute Gasteiger partial charge is 0.280 e. The summed E-state index contributed by atoms with van der Waals surface area (Å²) in [7, 11) is -3.54. The van der Waals surface area contributed by atoms with Gasteiger partial charge >= 0.3 is 0 Å². The van der Waals surface area contributed by atoms with E-state index in [1.807, 2.05) is 39.0 Å². The molecule has 0 aromatic heterocycles. The number of hydrogen-bond acceptors (Lipinski definition) is 2. The Hall–Kier alpha value is -1.59. The fraction of sp³-hybridized carbons (Fsp3) is 0.176. The minimum absolute atomic E-state index is 0.524. The topological polar surface area (TPSA) is 46.2 Å². The first kappa shape index (κ1) is 16.8. The second kappa shape index (κ2) is 6.67. The SMILES string of the molecule is Cc1cc(C)c(C=CS(=O)(=O)Nc2cccc(Br)c2)c(C)c1. The van der Waals surface area contributed by atoms with Gasteiger partial charge in [0.25, 0.3) is 10.0 Å².